The summed E-state index contributed by atoms with van der Waals surface area (Å²) in [5, 5.41) is 3.71. The van der Waals surface area contributed by atoms with Crippen LogP contribution in [0.3, 0.4) is 0 Å². The van der Waals surface area contributed by atoms with Crippen molar-refractivity contribution in [1.29, 1.82) is 0 Å². The molecule has 2 rings (SSSR count). The number of pyridine rings is 1. The summed E-state index contributed by atoms with van der Waals surface area (Å²) in [4.78, 5) is 19.9. The van der Waals surface area contributed by atoms with Crippen LogP contribution >= 0.6 is 23.2 Å². The van der Waals surface area contributed by atoms with Crippen molar-refractivity contribution in [1.82, 2.24) is 4.98 Å². The van der Waals surface area contributed by atoms with Gasteiger partial charge in [-0.05, 0) is 11.4 Å². The number of nitrogen functional groups attached to an aromatic ring is 1. The summed E-state index contributed by atoms with van der Waals surface area (Å²) in [7, 11) is 0. The number of nitrogens with zero attached hydrogens (tertiary/aromatic N) is 5. The summed E-state index contributed by atoms with van der Waals surface area (Å²) in [5.41, 5.74) is 14.8. The quantitative estimate of drug-likeness (QED) is 0.401. The topological polar surface area (TPSA) is 108 Å². The van der Waals surface area contributed by atoms with Crippen LogP contribution < -0.4 is 10.6 Å². The molecule has 0 bridgehead atoms. The second kappa shape index (κ2) is 5.52. The van der Waals surface area contributed by atoms with E-state index in [1.807, 2.05) is 0 Å². The zero-order chi connectivity index (χ0) is 14.0. The van der Waals surface area contributed by atoms with E-state index in [1.54, 1.807) is 0 Å². The lowest BCUT2D eigenvalue weighted by atomic mass is 10.1. The minimum Gasteiger partial charge on any atom is -0.395 e. The zero-order valence-corrected chi connectivity index (χ0v) is 11.3. The molecule has 1 aliphatic rings. The van der Waals surface area contributed by atoms with Crippen LogP contribution in [0.4, 0.5) is 11.4 Å². The number of halogens is 2. The molecular formula is C10H10Cl2N6O. The number of azide groups is 1. The molecule has 9 heteroatoms. The van der Waals surface area contributed by atoms with Crippen LogP contribution in [0.5, 0.6) is 0 Å². The maximum absolute atomic E-state index is 12.0. The van der Waals surface area contributed by atoms with Crippen molar-refractivity contribution in [2.75, 3.05) is 23.7 Å². The van der Waals surface area contributed by atoms with Gasteiger partial charge in [0.25, 0.3) is 0 Å². The molecule has 1 amide bonds. The van der Waals surface area contributed by atoms with Crippen molar-refractivity contribution in [2.24, 2.45) is 11.0 Å². The highest BCUT2D eigenvalue weighted by molar-refractivity contribution is 6.35. The van der Waals surface area contributed by atoms with Gasteiger partial charge in [-0.25, -0.2) is 4.98 Å². The van der Waals surface area contributed by atoms with Crippen molar-refractivity contribution < 1.29 is 4.79 Å². The molecule has 0 saturated carbocycles. The Morgan fingerprint density at radius 3 is 3.05 bits per heavy atom. The van der Waals surface area contributed by atoms with Gasteiger partial charge in [0, 0.05) is 30.5 Å². The van der Waals surface area contributed by atoms with Gasteiger partial charge in [-0.1, -0.05) is 28.3 Å². The van der Waals surface area contributed by atoms with Gasteiger partial charge in [-0.2, -0.15) is 0 Å². The Morgan fingerprint density at radius 2 is 2.37 bits per heavy atom. The molecule has 0 spiro atoms. The first-order chi connectivity index (χ1) is 9.02. The smallest absolute Gasteiger partial charge is 0.227 e. The predicted octanol–water partition coefficient (Wildman–Crippen LogP) is 2.63. The average Bonchev–Trinajstić information content (AvgIpc) is 2.72. The van der Waals surface area contributed by atoms with E-state index in [4.69, 9.17) is 34.5 Å². The molecule has 1 unspecified atom stereocenters. The van der Waals surface area contributed by atoms with E-state index in [2.05, 4.69) is 15.0 Å². The maximum atomic E-state index is 12.0. The largest absolute Gasteiger partial charge is 0.395 e. The van der Waals surface area contributed by atoms with Crippen molar-refractivity contribution >= 4 is 40.5 Å². The molecule has 1 saturated heterocycles. The molecule has 0 aliphatic carbocycles. The molecular weight excluding hydrogens is 291 g/mol. The first kappa shape index (κ1) is 13.7. The summed E-state index contributed by atoms with van der Waals surface area (Å²) in [6.45, 7) is 0.684. The van der Waals surface area contributed by atoms with Crippen molar-refractivity contribution in [2.45, 2.75) is 6.42 Å². The standard InChI is InChI=1S/C10H10Cl2N6O/c11-7-2-6(9(13)10(12)16-7)18-4-5(1-8(18)19)3-15-17-14/h2,5H,1,3-4,13H2. The van der Waals surface area contributed by atoms with Gasteiger partial charge in [-0.3, -0.25) is 4.79 Å². The van der Waals surface area contributed by atoms with Crippen molar-refractivity contribution in [3.63, 3.8) is 0 Å². The number of hydrogen-bond acceptors (Lipinski definition) is 4. The third-order valence-corrected chi connectivity index (χ3v) is 3.34. The van der Waals surface area contributed by atoms with Gasteiger partial charge in [0.2, 0.25) is 5.91 Å². The fourth-order valence-corrected chi connectivity index (χ4v) is 2.41. The number of rotatable bonds is 3. The Morgan fingerprint density at radius 1 is 1.63 bits per heavy atom. The van der Waals surface area contributed by atoms with E-state index in [9.17, 15) is 4.79 Å². The lowest BCUT2D eigenvalue weighted by Gasteiger charge is -2.19. The van der Waals surface area contributed by atoms with Crippen molar-refractivity contribution in [3.8, 4) is 0 Å². The Hall–Kier alpha value is -1.69. The molecule has 1 fully saturated rings. The molecule has 1 aromatic rings. The Balaban J connectivity index is 2.28. The van der Waals surface area contributed by atoms with Crippen LogP contribution in [0.25, 0.3) is 10.4 Å². The predicted molar refractivity (Wildman–Crippen MR) is 73.1 cm³/mol. The fraction of sp³-hybridized carbons (Fsp3) is 0.400. The van der Waals surface area contributed by atoms with Crippen LogP contribution in [-0.2, 0) is 4.79 Å². The minimum absolute atomic E-state index is 0.0338. The Kier molecular flexibility index (Phi) is 3.99. The lowest BCUT2D eigenvalue weighted by Crippen LogP contribution is -2.26. The number of hydrogen-bond donors (Lipinski definition) is 1. The summed E-state index contributed by atoms with van der Waals surface area (Å²) in [6.07, 6.45) is 0.302. The van der Waals surface area contributed by atoms with Gasteiger partial charge >= 0.3 is 0 Å². The molecule has 1 aromatic heterocycles. The van der Waals surface area contributed by atoms with E-state index in [0.717, 1.165) is 0 Å². The fourth-order valence-electron chi connectivity index (χ4n) is 1.99. The van der Waals surface area contributed by atoms with E-state index in [1.165, 1.54) is 11.0 Å². The van der Waals surface area contributed by atoms with Crippen LogP contribution in [0, 0.1) is 5.92 Å². The zero-order valence-electron chi connectivity index (χ0n) is 9.75. The van der Waals surface area contributed by atoms with Gasteiger partial charge in [0.1, 0.15) is 5.15 Å². The van der Waals surface area contributed by atoms with E-state index in [0.29, 0.717) is 18.7 Å². The molecule has 2 heterocycles. The third-order valence-electron chi connectivity index (χ3n) is 2.86. The molecule has 0 aromatic carbocycles. The number of carbonyl (C=O) groups is 1. The monoisotopic (exact) mass is 300 g/mol. The van der Waals surface area contributed by atoms with Crippen molar-refractivity contribution in [3.05, 3.63) is 26.8 Å². The summed E-state index contributed by atoms with van der Waals surface area (Å²) in [5.74, 6) is -0.142. The second-order valence-corrected chi connectivity index (χ2v) is 4.90. The molecule has 0 radical (unpaired) electrons. The first-order valence-corrected chi connectivity index (χ1v) is 6.21. The van der Waals surface area contributed by atoms with Crippen LogP contribution in [0.2, 0.25) is 10.3 Å². The SMILES string of the molecule is [N-]=[N+]=NCC1CC(=O)N(c2cc(Cl)nc(Cl)c2N)C1. The highest BCUT2D eigenvalue weighted by Crippen LogP contribution is 2.35. The molecule has 7 nitrogen and oxygen atoms in total. The normalized spacial score (nSPS) is 18.5. The van der Waals surface area contributed by atoms with Crippen LogP contribution in [0.1, 0.15) is 6.42 Å². The Labute approximate surface area is 118 Å². The number of anilines is 2. The first-order valence-electron chi connectivity index (χ1n) is 5.45. The van der Waals surface area contributed by atoms with Crippen LogP contribution in [-0.4, -0.2) is 24.0 Å². The molecule has 1 atom stereocenters. The number of aromatic nitrogens is 1. The van der Waals surface area contributed by atoms with Gasteiger partial charge in [0.05, 0.1) is 11.4 Å². The molecule has 2 N–H and O–H groups in total. The molecule has 1 aliphatic heterocycles. The Bertz CT molecular complexity index is 571. The van der Waals surface area contributed by atoms with E-state index < -0.39 is 0 Å². The highest BCUT2D eigenvalue weighted by Gasteiger charge is 2.31. The van der Waals surface area contributed by atoms with E-state index >= 15 is 0 Å². The minimum atomic E-state index is -0.108. The molecule has 100 valence electrons. The summed E-state index contributed by atoms with van der Waals surface area (Å²) in [6, 6.07) is 1.50. The average molecular weight is 301 g/mol. The highest BCUT2D eigenvalue weighted by atomic mass is 35.5. The van der Waals surface area contributed by atoms with Gasteiger partial charge < -0.3 is 10.6 Å². The van der Waals surface area contributed by atoms with Crippen LogP contribution in [0.15, 0.2) is 11.2 Å². The second-order valence-electron chi connectivity index (χ2n) is 4.16. The lowest BCUT2D eigenvalue weighted by molar-refractivity contribution is -0.117. The summed E-state index contributed by atoms with van der Waals surface area (Å²) < 4.78 is 0. The van der Waals surface area contributed by atoms with Gasteiger partial charge in [0.15, 0.2) is 5.15 Å². The number of amides is 1. The number of nitrogens with two attached hydrogens (primary N) is 1. The number of carbonyl (C=O) groups excluding carboxylic acids is 1. The summed E-state index contributed by atoms with van der Waals surface area (Å²) >= 11 is 11.7. The third kappa shape index (κ3) is 2.84. The maximum Gasteiger partial charge on any atom is 0.227 e. The molecule has 19 heavy (non-hydrogen) atoms. The van der Waals surface area contributed by atoms with Gasteiger partial charge in [-0.15, -0.1) is 0 Å². The van der Waals surface area contributed by atoms with E-state index in [-0.39, 0.29) is 34.4 Å².